The first kappa shape index (κ1) is 20.9. The first-order valence-corrected chi connectivity index (χ1v) is 10.9. The van der Waals surface area contributed by atoms with E-state index in [-0.39, 0.29) is 28.0 Å². The highest BCUT2D eigenvalue weighted by Crippen LogP contribution is 2.31. The largest absolute Gasteiger partial charge is 0.496 e. The van der Waals surface area contributed by atoms with Gasteiger partial charge in [0.2, 0.25) is 11.7 Å². The van der Waals surface area contributed by atoms with Crippen LogP contribution >= 0.6 is 11.6 Å². The molecule has 1 amide bonds. The molecule has 0 spiro atoms. The van der Waals surface area contributed by atoms with E-state index in [0.29, 0.717) is 11.6 Å². The fourth-order valence-electron chi connectivity index (χ4n) is 3.20. The van der Waals surface area contributed by atoms with Crippen molar-refractivity contribution in [3.8, 4) is 5.75 Å². The zero-order chi connectivity index (χ0) is 22.0. The van der Waals surface area contributed by atoms with Crippen molar-refractivity contribution in [2.75, 3.05) is 19.0 Å². The van der Waals surface area contributed by atoms with Crippen molar-refractivity contribution in [3.63, 3.8) is 0 Å². The number of rotatable bonds is 6. The summed E-state index contributed by atoms with van der Waals surface area (Å²) >= 11 is 5.87. The number of carbonyl (C=O) groups excluding carboxylic acids is 1. The summed E-state index contributed by atoms with van der Waals surface area (Å²) in [5, 5.41) is 5.68. The maximum absolute atomic E-state index is 12.7. The van der Waals surface area contributed by atoms with Gasteiger partial charge in [0.15, 0.2) is 0 Å². The number of hydrogen-bond acceptors (Lipinski definition) is 7. The molecule has 2 heterocycles. The summed E-state index contributed by atoms with van der Waals surface area (Å²) in [5.74, 6) is -0.545. The third-order valence-corrected chi connectivity index (χ3v) is 6.18. The molecule has 31 heavy (non-hydrogen) atoms. The Morgan fingerprint density at radius 2 is 2.10 bits per heavy atom. The molecule has 0 bridgehead atoms. The number of aromatic nitrogens is 1. The molecular weight excluding hydrogens is 444 g/mol. The number of oxazole rings is 1. The second-order valence-electron chi connectivity index (χ2n) is 6.56. The Bertz CT molecular complexity index is 1260. The number of amides is 1. The van der Waals surface area contributed by atoms with Crippen LogP contribution in [0.25, 0.3) is 0 Å². The SMILES string of the molecule is COc1ccccc1C(CNC(=O)C1=NS(=O)(=O)c2cc(Cl)ccc2N1)c1ncco1. The Morgan fingerprint density at radius 1 is 1.29 bits per heavy atom. The van der Waals surface area contributed by atoms with E-state index in [1.54, 1.807) is 13.2 Å². The molecule has 1 aromatic heterocycles. The molecule has 1 aliphatic heterocycles. The number of sulfonamides is 1. The lowest BCUT2D eigenvalue weighted by atomic mass is 9.97. The van der Waals surface area contributed by atoms with Gasteiger partial charge in [0.1, 0.15) is 16.9 Å². The number of para-hydroxylation sites is 1. The second kappa shape index (κ2) is 8.40. The van der Waals surface area contributed by atoms with Gasteiger partial charge >= 0.3 is 0 Å². The molecule has 1 aliphatic rings. The van der Waals surface area contributed by atoms with Gasteiger partial charge in [-0.1, -0.05) is 29.8 Å². The number of ether oxygens (including phenoxy) is 1. The number of amidine groups is 1. The van der Waals surface area contributed by atoms with Crippen LogP contribution < -0.4 is 15.4 Å². The van der Waals surface area contributed by atoms with E-state index in [1.807, 2.05) is 18.2 Å². The van der Waals surface area contributed by atoms with E-state index in [2.05, 4.69) is 20.0 Å². The predicted octanol–water partition coefficient (Wildman–Crippen LogP) is 2.80. The summed E-state index contributed by atoms with van der Waals surface area (Å²) in [6.07, 6.45) is 2.93. The highest BCUT2D eigenvalue weighted by Gasteiger charge is 2.29. The molecule has 2 aromatic carbocycles. The van der Waals surface area contributed by atoms with Gasteiger partial charge in [-0.2, -0.15) is 8.42 Å². The maximum Gasteiger partial charge on any atom is 0.287 e. The number of anilines is 1. The minimum atomic E-state index is -4.07. The summed E-state index contributed by atoms with van der Waals surface area (Å²) in [6, 6.07) is 11.5. The van der Waals surface area contributed by atoms with Gasteiger partial charge in [-0.15, -0.1) is 4.40 Å². The van der Waals surface area contributed by atoms with E-state index in [9.17, 15) is 13.2 Å². The second-order valence-corrected chi connectivity index (χ2v) is 8.56. The van der Waals surface area contributed by atoms with E-state index in [1.165, 1.54) is 30.7 Å². The number of hydrogen-bond donors (Lipinski definition) is 2. The first-order valence-electron chi connectivity index (χ1n) is 9.11. The highest BCUT2D eigenvalue weighted by molar-refractivity contribution is 7.90. The first-order chi connectivity index (χ1) is 14.9. The quantitative estimate of drug-likeness (QED) is 0.579. The van der Waals surface area contributed by atoms with Crippen LogP contribution in [0.5, 0.6) is 5.75 Å². The monoisotopic (exact) mass is 460 g/mol. The normalized spacial score (nSPS) is 15.2. The van der Waals surface area contributed by atoms with Gasteiger partial charge in [-0.25, -0.2) is 4.98 Å². The zero-order valence-electron chi connectivity index (χ0n) is 16.2. The van der Waals surface area contributed by atoms with Crippen LogP contribution in [-0.4, -0.2) is 38.8 Å². The van der Waals surface area contributed by atoms with Crippen LogP contribution in [-0.2, 0) is 14.8 Å². The number of carbonyl (C=O) groups is 1. The molecule has 0 saturated carbocycles. The molecule has 0 fully saturated rings. The third kappa shape index (κ3) is 4.25. The smallest absolute Gasteiger partial charge is 0.287 e. The lowest BCUT2D eigenvalue weighted by Crippen LogP contribution is -2.40. The molecule has 160 valence electrons. The van der Waals surface area contributed by atoms with Crippen molar-refractivity contribution in [1.29, 1.82) is 0 Å². The molecule has 11 heteroatoms. The topological polar surface area (TPSA) is 123 Å². The van der Waals surface area contributed by atoms with Crippen molar-refractivity contribution in [2.24, 2.45) is 4.40 Å². The summed E-state index contributed by atoms with van der Waals surface area (Å²) in [7, 11) is -2.53. The standard InChI is InChI=1S/C20H17ClN4O5S/c1-29-16-5-3-2-4-13(16)14(20-22-8-9-30-20)11-23-19(26)18-24-15-7-6-12(21)10-17(15)31(27,28)25-18/h2-10,14H,11H2,1H3,(H,23,26)(H,24,25). The molecule has 9 nitrogen and oxygen atoms in total. The summed E-state index contributed by atoms with van der Waals surface area (Å²) in [4.78, 5) is 16.8. The van der Waals surface area contributed by atoms with E-state index in [4.69, 9.17) is 20.8 Å². The molecular formula is C20H17ClN4O5S. The minimum absolute atomic E-state index is 0.0634. The van der Waals surface area contributed by atoms with Crippen molar-refractivity contribution in [3.05, 3.63) is 71.4 Å². The van der Waals surface area contributed by atoms with Gasteiger partial charge in [-0.05, 0) is 24.3 Å². The molecule has 1 atom stereocenters. The number of fused-ring (bicyclic) bond motifs is 1. The van der Waals surface area contributed by atoms with Gasteiger partial charge in [0.25, 0.3) is 15.9 Å². The van der Waals surface area contributed by atoms with Crippen molar-refractivity contribution in [2.45, 2.75) is 10.8 Å². The fraction of sp³-hybridized carbons (Fsp3) is 0.150. The van der Waals surface area contributed by atoms with Gasteiger partial charge in [-0.3, -0.25) is 4.79 Å². The predicted molar refractivity (Wildman–Crippen MR) is 114 cm³/mol. The van der Waals surface area contributed by atoms with E-state index >= 15 is 0 Å². The number of nitrogens with one attached hydrogen (secondary N) is 2. The molecule has 2 N–H and O–H groups in total. The molecule has 0 aliphatic carbocycles. The average molecular weight is 461 g/mol. The van der Waals surface area contributed by atoms with Crippen LogP contribution in [0, 0.1) is 0 Å². The molecule has 3 aromatic rings. The van der Waals surface area contributed by atoms with E-state index in [0.717, 1.165) is 5.56 Å². The van der Waals surface area contributed by atoms with Gasteiger partial charge in [0.05, 0.1) is 24.9 Å². The maximum atomic E-state index is 12.7. The Kier molecular flexibility index (Phi) is 5.66. The van der Waals surface area contributed by atoms with Crippen molar-refractivity contribution < 1.29 is 22.4 Å². The average Bonchev–Trinajstić information content (AvgIpc) is 3.28. The lowest BCUT2D eigenvalue weighted by Gasteiger charge is -2.20. The summed E-state index contributed by atoms with van der Waals surface area (Å²) in [5.41, 5.74) is 0.970. The molecule has 0 radical (unpaired) electrons. The van der Waals surface area contributed by atoms with Crippen LogP contribution in [0.1, 0.15) is 17.4 Å². The molecule has 4 rings (SSSR count). The zero-order valence-corrected chi connectivity index (χ0v) is 17.8. The van der Waals surface area contributed by atoms with Crippen LogP contribution in [0.2, 0.25) is 5.02 Å². The fourth-order valence-corrected chi connectivity index (χ4v) is 4.58. The number of nitrogens with zero attached hydrogens (tertiary/aromatic N) is 2. The highest BCUT2D eigenvalue weighted by atomic mass is 35.5. The van der Waals surface area contributed by atoms with Crippen molar-refractivity contribution >= 4 is 39.1 Å². The van der Waals surface area contributed by atoms with Crippen LogP contribution in [0.3, 0.4) is 0 Å². The minimum Gasteiger partial charge on any atom is -0.496 e. The van der Waals surface area contributed by atoms with Gasteiger partial charge in [0, 0.05) is 17.1 Å². The molecule has 1 unspecified atom stereocenters. The Morgan fingerprint density at radius 3 is 2.84 bits per heavy atom. The Labute approximate surface area is 183 Å². The molecule has 0 saturated heterocycles. The Balaban J connectivity index is 1.58. The Hall–Kier alpha value is -3.37. The lowest BCUT2D eigenvalue weighted by molar-refractivity contribution is -0.114. The van der Waals surface area contributed by atoms with Crippen LogP contribution in [0.4, 0.5) is 5.69 Å². The summed E-state index contributed by atoms with van der Waals surface area (Å²) in [6.45, 7) is 0.0634. The van der Waals surface area contributed by atoms with Gasteiger partial charge < -0.3 is 19.8 Å². The summed E-state index contributed by atoms with van der Waals surface area (Å²) < 4.78 is 39.4. The van der Waals surface area contributed by atoms with E-state index < -0.39 is 21.8 Å². The van der Waals surface area contributed by atoms with Crippen molar-refractivity contribution in [1.82, 2.24) is 10.3 Å². The number of methoxy groups -OCH3 is 1. The number of benzene rings is 2. The van der Waals surface area contributed by atoms with Crippen LogP contribution in [0.15, 0.2) is 68.6 Å². The number of halogens is 1. The third-order valence-electron chi connectivity index (χ3n) is 4.63.